The first-order valence-electron chi connectivity index (χ1n) is 8.70. The number of ether oxygens (including phenoxy) is 1. The second-order valence-corrected chi connectivity index (χ2v) is 7.38. The maximum atomic E-state index is 13.8. The topological polar surface area (TPSA) is 62.7 Å². The van der Waals surface area contributed by atoms with Crippen LogP contribution in [0.5, 0.6) is 0 Å². The molecule has 1 aliphatic heterocycles. The Bertz CT molecular complexity index is 810. The molecule has 6 nitrogen and oxygen atoms in total. The Morgan fingerprint density at radius 2 is 2.27 bits per heavy atom. The molecule has 140 valence electrons. The van der Waals surface area contributed by atoms with Crippen molar-refractivity contribution in [2.75, 3.05) is 38.2 Å². The van der Waals surface area contributed by atoms with Gasteiger partial charge < -0.3 is 14.5 Å². The Morgan fingerprint density at radius 3 is 3.00 bits per heavy atom. The van der Waals surface area contributed by atoms with Crippen molar-refractivity contribution < 1.29 is 18.7 Å². The Kier molecular flexibility index (Phi) is 5.70. The number of carbonyl (C=O) groups is 2. The normalized spacial score (nSPS) is 17.3. The first kappa shape index (κ1) is 18.6. The summed E-state index contributed by atoms with van der Waals surface area (Å²) in [5.74, 6) is -0.922. The van der Waals surface area contributed by atoms with Gasteiger partial charge in [-0.05, 0) is 31.9 Å². The number of carbonyl (C=O) groups excluding carboxylic acids is 2. The molecular weight excluding hydrogens is 357 g/mol. The van der Waals surface area contributed by atoms with E-state index in [9.17, 15) is 14.0 Å². The molecule has 1 amide bonds. The fourth-order valence-electron chi connectivity index (χ4n) is 3.09. The molecule has 1 aromatic heterocycles. The van der Waals surface area contributed by atoms with Crippen LogP contribution in [0.25, 0.3) is 10.2 Å². The van der Waals surface area contributed by atoms with Crippen LogP contribution < -0.4 is 4.90 Å². The maximum absolute atomic E-state index is 13.8. The van der Waals surface area contributed by atoms with E-state index in [2.05, 4.69) is 4.98 Å². The van der Waals surface area contributed by atoms with Gasteiger partial charge in [-0.2, -0.15) is 0 Å². The molecule has 1 atom stereocenters. The number of benzene rings is 1. The summed E-state index contributed by atoms with van der Waals surface area (Å²) in [5.41, 5.74) is 0.326. The molecular formula is C18H22FN3O3S. The van der Waals surface area contributed by atoms with Crippen molar-refractivity contribution in [1.29, 1.82) is 0 Å². The highest BCUT2D eigenvalue weighted by atomic mass is 32.1. The van der Waals surface area contributed by atoms with Crippen LogP contribution in [0.2, 0.25) is 0 Å². The number of rotatable bonds is 5. The molecule has 1 aromatic carbocycles. The number of hydrogen-bond acceptors (Lipinski definition) is 6. The second kappa shape index (κ2) is 7.99. The van der Waals surface area contributed by atoms with Crippen molar-refractivity contribution in [3.8, 4) is 0 Å². The zero-order chi connectivity index (χ0) is 18.7. The lowest BCUT2D eigenvalue weighted by Gasteiger charge is -2.32. The number of likely N-dealkylation sites (tertiary alicyclic amines) is 1. The van der Waals surface area contributed by atoms with E-state index >= 15 is 0 Å². The van der Waals surface area contributed by atoms with Gasteiger partial charge in [0.2, 0.25) is 5.91 Å². The third-order valence-corrected chi connectivity index (χ3v) is 5.59. The quantitative estimate of drug-likeness (QED) is 0.748. The molecule has 0 saturated carbocycles. The molecule has 1 unspecified atom stereocenters. The SMILES string of the molecule is CCOC(=O)C1CCCN(C(=O)CN(C)c2nc3c(F)cccc3s2)C1. The van der Waals surface area contributed by atoms with Gasteiger partial charge in [-0.3, -0.25) is 9.59 Å². The molecule has 26 heavy (non-hydrogen) atoms. The van der Waals surface area contributed by atoms with Gasteiger partial charge >= 0.3 is 5.97 Å². The van der Waals surface area contributed by atoms with Crippen LogP contribution in [0.1, 0.15) is 19.8 Å². The van der Waals surface area contributed by atoms with E-state index in [0.717, 1.165) is 17.5 Å². The summed E-state index contributed by atoms with van der Waals surface area (Å²) < 4.78 is 19.6. The fraction of sp³-hybridized carbons (Fsp3) is 0.500. The Labute approximate surface area is 155 Å². The average molecular weight is 379 g/mol. The molecule has 8 heteroatoms. The predicted molar refractivity (Wildman–Crippen MR) is 98.8 cm³/mol. The monoisotopic (exact) mass is 379 g/mol. The predicted octanol–water partition coefficient (Wildman–Crippen LogP) is 2.67. The van der Waals surface area contributed by atoms with Crippen LogP contribution in [0.3, 0.4) is 0 Å². The molecule has 3 rings (SSSR count). The lowest BCUT2D eigenvalue weighted by atomic mass is 9.98. The highest BCUT2D eigenvalue weighted by Crippen LogP contribution is 2.29. The Morgan fingerprint density at radius 1 is 1.46 bits per heavy atom. The van der Waals surface area contributed by atoms with E-state index in [1.54, 1.807) is 29.8 Å². The Hall–Kier alpha value is -2.22. The summed E-state index contributed by atoms with van der Waals surface area (Å²) in [5, 5.41) is 0.595. The third-order valence-electron chi connectivity index (χ3n) is 4.45. The van der Waals surface area contributed by atoms with Crippen LogP contribution in [0.4, 0.5) is 9.52 Å². The van der Waals surface area contributed by atoms with E-state index in [-0.39, 0.29) is 30.2 Å². The van der Waals surface area contributed by atoms with Gasteiger partial charge in [0.15, 0.2) is 5.13 Å². The highest BCUT2D eigenvalue weighted by molar-refractivity contribution is 7.22. The number of piperidine rings is 1. The minimum Gasteiger partial charge on any atom is -0.466 e. The number of hydrogen-bond donors (Lipinski definition) is 0. The molecule has 1 saturated heterocycles. The summed E-state index contributed by atoms with van der Waals surface area (Å²) in [7, 11) is 1.76. The van der Waals surface area contributed by atoms with Crippen LogP contribution in [-0.2, 0) is 14.3 Å². The largest absolute Gasteiger partial charge is 0.466 e. The van der Waals surface area contributed by atoms with Crippen molar-refractivity contribution in [2.24, 2.45) is 5.92 Å². The van der Waals surface area contributed by atoms with E-state index in [0.29, 0.717) is 30.3 Å². The van der Waals surface area contributed by atoms with E-state index < -0.39 is 0 Å². The average Bonchev–Trinajstić information content (AvgIpc) is 3.08. The standard InChI is InChI=1S/C18H22FN3O3S/c1-3-25-17(24)12-6-5-9-22(10-12)15(23)11-21(2)18-20-16-13(19)7-4-8-14(16)26-18/h4,7-8,12H,3,5-6,9-11H2,1-2H3. The molecule has 0 N–H and O–H groups in total. The molecule has 0 aliphatic carbocycles. The first-order chi connectivity index (χ1) is 12.5. The van der Waals surface area contributed by atoms with E-state index in [1.165, 1.54) is 17.4 Å². The van der Waals surface area contributed by atoms with Crippen molar-refractivity contribution in [3.05, 3.63) is 24.0 Å². The second-order valence-electron chi connectivity index (χ2n) is 6.37. The zero-order valence-electron chi connectivity index (χ0n) is 14.9. The number of para-hydroxylation sites is 1. The number of amides is 1. The van der Waals surface area contributed by atoms with Crippen LogP contribution in [-0.4, -0.2) is 55.0 Å². The van der Waals surface area contributed by atoms with Crippen LogP contribution >= 0.6 is 11.3 Å². The first-order valence-corrected chi connectivity index (χ1v) is 9.51. The molecule has 0 radical (unpaired) electrons. The number of esters is 1. The number of halogens is 1. The highest BCUT2D eigenvalue weighted by Gasteiger charge is 2.29. The van der Waals surface area contributed by atoms with Crippen LogP contribution in [0.15, 0.2) is 18.2 Å². The minimum atomic E-state index is -0.363. The lowest BCUT2D eigenvalue weighted by molar-refractivity contribution is -0.151. The van der Waals surface area contributed by atoms with Gasteiger partial charge in [-0.25, -0.2) is 9.37 Å². The Balaban J connectivity index is 1.64. The number of fused-ring (bicyclic) bond motifs is 1. The number of aromatic nitrogens is 1. The van der Waals surface area contributed by atoms with Gasteiger partial charge in [0.1, 0.15) is 11.3 Å². The lowest BCUT2D eigenvalue weighted by Crippen LogP contribution is -2.46. The maximum Gasteiger partial charge on any atom is 0.310 e. The molecule has 1 aliphatic rings. The smallest absolute Gasteiger partial charge is 0.310 e. The van der Waals surface area contributed by atoms with Crippen molar-refractivity contribution in [2.45, 2.75) is 19.8 Å². The number of nitrogens with zero attached hydrogens (tertiary/aromatic N) is 3. The van der Waals surface area contributed by atoms with E-state index in [4.69, 9.17) is 4.74 Å². The molecule has 0 spiro atoms. The number of anilines is 1. The van der Waals surface area contributed by atoms with Crippen molar-refractivity contribution in [3.63, 3.8) is 0 Å². The van der Waals surface area contributed by atoms with Gasteiger partial charge in [-0.1, -0.05) is 17.4 Å². The fourth-order valence-corrected chi connectivity index (χ4v) is 4.03. The number of thiazole rings is 1. The third kappa shape index (κ3) is 3.95. The summed E-state index contributed by atoms with van der Waals surface area (Å²) in [6, 6.07) is 4.83. The molecule has 2 heterocycles. The summed E-state index contributed by atoms with van der Waals surface area (Å²) >= 11 is 1.35. The zero-order valence-corrected chi connectivity index (χ0v) is 15.7. The van der Waals surface area contributed by atoms with Gasteiger partial charge in [0.05, 0.1) is 23.8 Å². The van der Waals surface area contributed by atoms with E-state index in [1.807, 2.05) is 6.07 Å². The number of likely N-dealkylation sites (N-methyl/N-ethyl adjacent to an activating group) is 1. The summed E-state index contributed by atoms with van der Waals surface area (Å²) in [6.45, 7) is 3.29. The summed E-state index contributed by atoms with van der Waals surface area (Å²) in [4.78, 5) is 32.3. The minimum absolute atomic E-state index is 0.0683. The molecule has 2 aromatic rings. The van der Waals surface area contributed by atoms with Gasteiger partial charge in [-0.15, -0.1) is 0 Å². The molecule has 0 bridgehead atoms. The van der Waals surface area contributed by atoms with Crippen molar-refractivity contribution in [1.82, 2.24) is 9.88 Å². The summed E-state index contributed by atoms with van der Waals surface area (Å²) in [6.07, 6.45) is 1.53. The molecule has 1 fully saturated rings. The van der Waals surface area contributed by atoms with Gasteiger partial charge in [0, 0.05) is 20.1 Å². The van der Waals surface area contributed by atoms with Crippen LogP contribution in [0, 0.1) is 11.7 Å². The van der Waals surface area contributed by atoms with Gasteiger partial charge in [0.25, 0.3) is 0 Å². The van der Waals surface area contributed by atoms with Crippen molar-refractivity contribution >= 4 is 38.6 Å².